The van der Waals surface area contributed by atoms with E-state index in [0.717, 1.165) is 12.1 Å². The number of rotatable bonds is 3. The lowest BCUT2D eigenvalue weighted by Gasteiger charge is -2.47. The lowest BCUT2D eigenvalue weighted by atomic mass is 9.94. The predicted octanol–water partition coefficient (Wildman–Crippen LogP) is 3.38. The third kappa shape index (κ3) is 6.16. The van der Waals surface area contributed by atoms with Crippen molar-refractivity contribution in [2.75, 3.05) is 58.9 Å². The Morgan fingerprint density at radius 3 is 1.48 bits per heavy atom. The molecule has 0 spiro atoms. The highest BCUT2D eigenvalue weighted by atomic mass is 15.3. The quantitative estimate of drug-likeness (QED) is 0.746. The molecule has 0 radical (unpaired) electrons. The van der Waals surface area contributed by atoms with Gasteiger partial charge in [-0.3, -0.25) is 9.80 Å². The molecular weight excluding hydrogens is 332 g/mol. The topological polar surface area (TPSA) is 13.0 Å². The van der Waals surface area contributed by atoms with E-state index in [4.69, 9.17) is 0 Å². The minimum Gasteiger partial charge on any atom is -0.300 e. The van der Waals surface area contributed by atoms with Gasteiger partial charge in [-0.15, -0.1) is 0 Å². The van der Waals surface area contributed by atoms with E-state index >= 15 is 0 Å². The van der Waals surface area contributed by atoms with Gasteiger partial charge in [0.2, 0.25) is 0 Å². The highest BCUT2D eigenvalue weighted by Gasteiger charge is 2.33. The van der Waals surface area contributed by atoms with E-state index in [1.54, 1.807) is 0 Å². The van der Waals surface area contributed by atoms with Gasteiger partial charge in [0.05, 0.1) is 0 Å². The Labute approximate surface area is 169 Å². The predicted molar refractivity (Wildman–Crippen MR) is 116 cm³/mol. The van der Waals surface area contributed by atoms with Gasteiger partial charge in [0, 0.05) is 63.4 Å². The number of piperazine rings is 1. The first kappa shape index (κ1) is 21.5. The second-order valence-corrected chi connectivity index (χ2v) is 11.5. The largest absolute Gasteiger partial charge is 0.300 e. The van der Waals surface area contributed by atoms with E-state index in [-0.39, 0.29) is 0 Å². The maximum Gasteiger partial charge on any atom is 0.0125 e. The van der Waals surface area contributed by atoms with E-state index < -0.39 is 0 Å². The van der Waals surface area contributed by atoms with Gasteiger partial charge in [-0.05, 0) is 65.0 Å². The van der Waals surface area contributed by atoms with Gasteiger partial charge >= 0.3 is 0 Å². The zero-order valence-electron chi connectivity index (χ0n) is 19.1. The standard InChI is InChI=1S/C23H46N4/c1-22(2,3)19-24-15-17-26(18-16-24)20-7-11-25(12-8-20)21-9-13-27(14-10-21)23(4,5)6/h20-21H,7-19H2,1-6H3. The molecule has 0 aromatic carbocycles. The molecule has 0 aliphatic carbocycles. The van der Waals surface area contributed by atoms with E-state index in [9.17, 15) is 0 Å². The average Bonchev–Trinajstić information content (AvgIpc) is 2.61. The molecule has 3 fully saturated rings. The summed E-state index contributed by atoms with van der Waals surface area (Å²) in [6, 6.07) is 1.68. The van der Waals surface area contributed by atoms with E-state index in [0.29, 0.717) is 11.0 Å². The molecule has 4 nitrogen and oxygen atoms in total. The molecule has 0 aromatic heterocycles. The molecule has 158 valence electrons. The molecule has 3 aliphatic heterocycles. The van der Waals surface area contributed by atoms with Crippen molar-refractivity contribution >= 4 is 0 Å². The summed E-state index contributed by atoms with van der Waals surface area (Å²) in [5.74, 6) is 0. The van der Waals surface area contributed by atoms with E-state index in [1.165, 1.54) is 84.6 Å². The fourth-order valence-corrected chi connectivity index (χ4v) is 5.48. The molecule has 0 bridgehead atoms. The number of hydrogen-bond donors (Lipinski definition) is 0. The van der Waals surface area contributed by atoms with Crippen LogP contribution in [0.1, 0.15) is 67.2 Å². The maximum atomic E-state index is 2.83. The van der Waals surface area contributed by atoms with Crippen LogP contribution in [0.15, 0.2) is 0 Å². The smallest absolute Gasteiger partial charge is 0.0125 e. The fraction of sp³-hybridized carbons (Fsp3) is 1.00. The van der Waals surface area contributed by atoms with E-state index in [2.05, 4.69) is 61.1 Å². The summed E-state index contributed by atoms with van der Waals surface area (Å²) in [5.41, 5.74) is 0.767. The molecule has 0 N–H and O–H groups in total. The number of piperidine rings is 2. The van der Waals surface area contributed by atoms with Crippen LogP contribution in [0.3, 0.4) is 0 Å². The summed E-state index contributed by atoms with van der Waals surface area (Å²) >= 11 is 0. The number of likely N-dealkylation sites (tertiary alicyclic amines) is 2. The first-order valence-electron chi connectivity index (χ1n) is 11.6. The zero-order chi connectivity index (χ0) is 19.7. The number of hydrogen-bond acceptors (Lipinski definition) is 4. The van der Waals surface area contributed by atoms with Gasteiger partial charge in [-0.2, -0.15) is 0 Å². The van der Waals surface area contributed by atoms with Crippen LogP contribution in [0.2, 0.25) is 0 Å². The Kier molecular flexibility index (Phi) is 6.93. The van der Waals surface area contributed by atoms with Crippen molar-refractivity contribution in [2.45, 2.75) is 84.8 Å². The lowest BCUT2D eigenvalue weighted by Crippen LogP contribution is -2.56. The van der Waals surface area contributed by atoms with Crippen LogP contribution < -0.4 is 0 Å². The van der Waals surface area contributed by atoms with Crippen LogP contribution in [0.25, 0.3) is 0 Å². The molecule has 3 saturated heterocycles. The molecule has 0 aromatic rings. The van der Waals surface area contributed by atoms with Crippen LogP contribution >= 0.6 is 0 Å². The second kappa shape index (κ2) is 8.69. The summed E-state index contributed by atoms with van der Waals surface area (Å²) in [6.45, 7) is 25.7. The van der Waals surface area contributed by atoms with Crippen molar-refractivity contribution in [3.05, 3.63) is 0 Å². The van der Waals surface area contributed by atoms with Crippen LogP contribution in [-0.2, 0) is 0 Å². The first-order chi connectivity index (χ1) is 12.6. The minimum atomic E-state index is 0.340. The Bertz CT molecular complexity index is 440. The van der Waals surface area contributed by atoms with Crippen molar-refractivity contribution in [1.82, 2.24) is 19.6 Å². The number of nitrogens with zero attached hydrogens (tertiary/aromatic N) is 4. The van der Waals surface area contributed by atoms with Crippen molar-refractivity contribution in [1.29, 1.82) is 0 Å². The lowest BCUT2D eigenvalue weighted by molar-refractivity contribution is 0.0166. The van der Waals surface area contributed by atoms with Crippen LogP contribution in [0.4, 0.5) is 0 Å². The van der Waals surface area contributed by atoms with Crippen molar-refractivity contribution in [3.8, 4) is 0 Å². The molecular formula is C23H46N4. The third-order valence-corrected chi connectivity index (χ3v) is 7.05. The summed E-state index contributed by atoms with van der Waals surface area (Å²) < 4.78 is 0. The molecule has 3 aliphatic rings. The SMILES string of the molecule is CC(C)(C)CN1CCN(C2CCN(C3CCN(C(C)(C)C)CC3)CC2)CC1. The van der Waals surface area contributed by atoms with Gasteiger partial charge < -0.3 is 9.80 Å². The molecule has 3 heterocycles. The molecule has 3 rings (SSSR count). The minimum absolute atomic E-state index is 0.340. The van der Waals surface area contributed by atoms with Crippen molar-refractivity contribution in [2.24, 2.45) is 5.41 Å². The third-order valence-electron chi connectivity index (χ3n) is 7.05. The van der Waals surface area contributed by atoms with Crippen LogP contribution in [0.5, 0.6) is 0 Å². The van der Waals surface area contributed by atoms with Gasteiger partial charge in [0.15, 0.2) is 0 Å². The van der Waals surface area contributed by atoms with Gasteiger partial charge in [0.25, 0.3) is 0 Å². The molecule has 0 saturated carbocycles. The fourth-order valence-electron chi connectivity index (χ4n) is 5.48. The summed E-state index contributed by atoms with van der Waals surface area (Å²) in [6.07, 6.45) is 5.51. The average molecular weight is 379 g/mol. The van der Waals surface area contributed by atoms with Gasteiger partial charge in [-0.25, -0.2) is 0 Å². The highest BCUT2D eigenvalue weighted by molar-refractivity contribution is 4.90. The van der Waals surface area contributed by atoms with Crippen molar-refractivity contribution in [3.63, 3.8) is 0 Å². The van der Waals surface area contributed by atoms with Crippen LogP contribution in [-0.4, -0.2) is 96.1 Å². The molecule has 0 amide bonds. The summed E-state index contributed by atoms with van der Waals surface area (Å²) in [4.78, 5) is 11.0. The maximum absolute atomic E-state index is 2.83. The second-order valence-electron chi connectivity index (χ2n) is 11.5. The molecule has 0 atom stereocenters. The Balaban J connectivity index is 1.38. The van der Waals surface area contributed by atoms with Gasteiger partial charge in [0.1, 0.15) is 0 Å². The highest BCUT2D eigenvalue weighted by Crippen LogP contribution is 2.27. The Morgan fingerprint density at radius 2 is 1.04 bits per heavy atom. The van der Waals surface area contributed by atoms with E-state index in [1.807, 2.05) is 0 Å². The molecule has 4 heteroatoms. The van der Waals surface area contributed by atoms with Crippen LogP contribution in [0, 0.1) is 5.41 Å². The van der Waals surface area contributed by atoms with Crippen molar-refractivity contribution < 1.29 is 0 Å². The first-order valence-corrected chi connectivity index (χ1v) is 11.6. The summed E-state index contributed by atoms with van der Waals surface area (Å²) in [7, 11) is 0. The zero-order valence-corrected chi connectivity index (χ0v) is 19.1. The molecule has 27 heavy (non-hydrogen) atoms. The molecule has 0 unspecified atom stereocenters. The Morgan fingerprint density at radius 1 is 0.593 bits per heavy atom. The summed E-state index contributed by atoms with van der Waals surface area (Å²) in [5, 5.41) is 0. The Hall–Kier alpha value is -0.160. The monoisotopic (exact) mass is 378 g/mol. The normalized spacial score (nSPS) is 27.3. The van der Waals surface area contributed by atoms with Gasteiger partial charge in [-0.1, -0.05) is 20.8 Å².